The number of hydrogen-bond donors (Lipinski definition) is 1. The van der Waals surface area contributed by atoms with Crippen LogP contribution in [0.25, 0.3) is 0 Å². The van der Waals surface area contributed by atoms with E-state index >= 15 is 8.78 Å². The molecule has 2 aromatic rings. The van der Waals surface area contributed by atoms with Crippen molar-refractivity contribution in [2.75, 3.05) is 49.1 Å². The topological polar surface area (TPSA) is 160 Å². The van der Waals surface area contributed by atoms with Gasteiger partial charge in [-0.05, 0) is 12.8 Å². The van der Waals surface area contributed by atoms with Crippen LogP contribution in [0.3, 0.4) is 0 Å². The van der Waals surface area contributed by atoms with Gasteiger partial charge in [-0.2, -0.15) is 0 Å². The van der Waals surface area contributed by atoms with Crippen molar-refractivity contribution in [2.24, 2.45) is 10.8 Å². The highest BCUT2D eigenvalue weighted by Crippen LogP contribution is 2.31. The molecule has 2 saturated heterocycles. The van der Waals surface area contributed by atoms with Gasteiger partial charge in [-0.3, -0.25) is 29.6 Å². The molecule has 0 radical (unpaired) electrons. The summed E-state index contributed by atoms with van der Waals surface area (Å²) in [7, 11) is 0. The standard InChI is InChI=1S/C22H23F2N7O7/c1-26-4-5-28(25)12-15-13-29(22(33)37-15)14-10-16(23)20(17(24)11-14)27-6-7-30(36-9-8-27)21(32)18-2-3-19(38-18)31(34)35/h2-5,10-11,15H,1,6-9,12-13,25H2/b5-4-/t15-/m0/s1. The number of nitro groups is 1. The number of nitrogens with zero attached hydrogens (tertiary/aromatic N) is 6. The van der Waals surface area contributed by atoms with Crippen LogP contribution in [0.15, 0.2) is 46.1 Å². The highest BCUT2D eigenvalue weighted by atomic mass is 19.1. The maximum Gasteiger partial charge on any atom is 0.433 e. The summed E-state index contributed by atoms with van der Waals surface area (Å²) in [5, 5.41) is 12.9. The lowest BCUT2D eigenvalue weighted by Gasteiger charge is -2.24. The van der Waals surface area contributed by atoms with E-state index in [0.717, 1.165) is 34.2 Å². The number of carbonyl (C=O) groups is 2. The first kappa shape index (κ1) is 26.5. The highest BCUT2D eigenvalue weighted by Gasteiger charge is 2.35. The number of hydroxylamine groups is 2. The van der Waals surface area contributed by atoms with E-state index in [2.05, 4.69) is 11.7 Å². The van der Waals surface area contributed by atoms with Gasteiger partial charge in [-0.15, -0.1) is 0 Å². The predicted octanol–water partition coefficient (Wildman–Crippen LogP) is 2.03. The second-order valence-electron chi connectivity index (χ2n) is 8.17. The quantitative estimate of drug-likeness (QED) is 0.229. The zero-order valence-corrected chi connectivity index (χ0v) is 19.9. The first-order chi connectivity index (χ1) is 18.2. The summed E-state index contributed by atoms with van der Waals surface area (Å²) < 4.78 is 40.4. The van der Waals surface area contributed by atoms with E-state index in [0.29, 0.717) is 0 Å². The van der Waals surface area contributed by atoms with E-state index in [1.165, 1.54) is 22.3 Å². The Hall–Kier alpha value is -4.57. The van der Waals surface area contributed by atoms with Gasteiger partial charge in [0.1, 0.15) is 16.7 Å². The molecule has 0 unspecified atom stereocenters. The van der Waals surface area contributed by atoms with Gasteiger partial charge < -0.3 is 19.1 Å². The molecule has 202 valence electrons. The van der Waals surface area contributed by atoms with E-state index < -0.39 is 40.5 Å². The molecule has 0 spiro atoms. The second-order valence-corrected chi connectivity index (χ2v) is 8.17. The van der Waals surface area contributed by atoms with Crippen LogP contribution in [0.1, 0.15) is 10.6 Å². The van der Waals surface area contributed by atoms with Gasteiger partial charge >= 0.3 is 17.9 Å². The Morgan fingerprint density at radius 1 is 1.29 bits per heavy atom. The van der Waals surface area contributed by atoms with Crippen molar-refractivity contribution in [3.63, 3.8) is 0 Å². The number of furan rings is 1. The van der Waals surface area contributed by atoms with Gasteiger partial charge in [-0.1, -0.05) is 0 Å². The fourth-order valence-corrected chi connectivity index (χ4v) is 3.96. The van der Waals surface area contributed by atoms with Crippen molar-refractivity contribution in [3.8, 4) is 0 Å². The van der Waals surface area contributed by atoms with Crippen molar-refractivity contribution in [3.05, 3.63) is 64.2 Å². The molecule has 38 heavy (non-hydrogen) atoms. The van der Waals surface area contributed by atoms with Gasteiger partial charge in [0.15, 0.2) is 11.6 Å². The summed E-state index contributed by atoms with van der Waals surface area (Å²) in [5.74, 6) is 2.21. The smallest absolute Gasteiger partial charge is 0.433 e. The van der Waals surface area contributed by atoms with Crippen LogP contribution < -0.4 is 15.6 Å². The van der Waals surface area contributed by atoms with Crippen molar-refractivity contribution in [1.82, 2.24) is 10.1 Å². The molecule has 2 N–H and O–H groups in total. The Morgan fingerprint density at radius 3 is 2.68 bits per heavy atom. The number of cyclic esters (lactones) is 1. The number of ether oxygens (including phenoxy) is 1. The number of hydrazine groups is 1. The first-order valence-electron chi connectivity index (χ1n) is 11.2. The van der Waals surface area contributed by atoms with E-state index in [-0.39, 0.29) is 56.5 Å². The largest absolute Gasteiger partial charge is 0.442 e. The zero-order valence-electron chi connectivity index (χ0n) is 19.9. The zero-order chi connectivity index (χ0) is 27.4. The molecule has 1 aromatic heterocycles. The Bertz CT molecular complexity index is 1250. The number of rotatable bonds is 8. The third kappa shape index (κ3) is 5.70. The molecule has 0 bridgehead atoms. The lowest BCUT2D eigenvalue weighted by Crippen LogP contribution is -2.36. The minimum atomic E-state index is -0.932. The number of hydrogen-bond acceptors (Lipinski definition) is 11. The summed E-state index contributed by atoms with van der Waals surface area (Å²) in [6.07, 6.45) is 1.34. The average Bonchev–Trinajstić information content (AvgIpc) is 3.43. The fourth-order valence-electron chi connectivity index (χ4n) is 3.96. The van der Waals surface area contributed by atoms with Crippen LogP contribution in [0.5, 0.6) is 0 Å². The first-order valence-corrected chi connectivity index (χ1v) is 11.2. The fraction of sp³-hybridized carbons (Fsp3) is 0.318. The average molecular weight is 535 g/mol. The third-order valence-electron chi connectivity index (χ3n) is 5.67. The van der Waals surface area contributed by atoms with Crippen molar-refractivity contribution in [1.29, 1.82) is 0 Å². The van der Waals surface area contributed by atoms with Crippen molar-refractivity contribution >= 4 is 36.0 Å². The van der Waals surface area contributed by atoms with Crippen LogP contribution in [0.4, 0.5) is 30.8 Å². The van der Waals surface area contributed by atoms with E-state index in [4.69, 9.17) is 19.8 Å². The molecular weight excluding hydrogens is 512 g/mol. The Labute approximate surface area is 214 Å². The number of anilines is 2. The molecular formula is C22H23F2N7O7. The van der Waals surface area contributed by atoms with E-state index in [1.807, 2.05) is 0 Å². The normalized spacial score (nSPS) is 18.0. The van der Waals surface area contributed by atoms with Gasteiger partial charge in [0.05, 0.1) is 38.0 Å². The number of halogens is 2. The van der Waals surface area contributed by atoms with E-state index in [9.17, 15) is 19.7 Å². The monoisotopic (exact) mass is 535 g/mol. The second kappa shape index (κ2) is 11.2. The summed E-state index contributed by atoms with van der Waals surface area (Å²) in [5.41, 5.74) is -0.398. The van der Waals surface area contributed by atoms with Crippen LogP contribution in [0, 0.1) is 21.7 Å². The number of carbonyl (C=O) groups excluding carboxylic acids is 2. The molecule has 2 aliphatic rings. The summed E-state index contributed by atoms with van der Waals surface area (Å²) in [4.78, 5) is 46.3. The molecule has 0 saturated carbocycles. The molecule has 2 fully saturated rings. The van der Waals surface area contributed by atoms with Crippen molar-refractivity contribution < 1.29 is 37.3 Å². The molecule has 1 atom stereocenters. The molecule has 3 heterocycles. The van der Waals surface area contributed by atoms with Crippen LogP contribution in [-0.4, -0.2) is 79.1 Å². The van der Waals surface area contributed by atoms with Gasteiger partial charge in [-0.25, -0.2) is 24.5 Å². The number of aliphatic imine (C=N–C) groups is 1. The number of benzene rings is 1. The summed E-state index contributed by atoms with van der Waals surface area (Å²) in [6, 6.07) is 4.20. The Morgan fingerprint density at radius 2 is 2.03 bits per heavy atom. The maximum absolute atomic E-state index is 15.1. The summed E-state index contributed by atoms with van der Waals surface area (Å²) in [6.45, 7) is 3.20. The molecule has 2 amide bonds. The third-order valence-corrected chi connectivity index (χ3v) is 5.67. The Kier molecular flexibility index (Phi) is 7.82. The highest BCUT2D eigenvalue weighted by molar-refractivity contribution is 5.91. The number of nitrogens with two attached hydrogens (primary N) is 1. The van der Waals surface area contributed by atoms with Crippen LogP contribution >= 0.6 is 0 Å². The van der Waals surface area contributed by atoms with Gasteiger partial charge in [0.2, 0.25) is 5.76 Å². The number of amides is 2. The molecule has 2 aliphatic heterocycles. The molecule has 0 aliphatic carbocycles. The summed E-state index contributed by atoms with van der Waals surface area (Å²) >= 11 is 0. The Balaban J connectivity index is 1.43. The minimum Gasteiger partial charge on any atom is -0.442 e. The predicted molar refractivity (Wildman–Crippen MR) is 128 cm³/mol. The van der Waals surface area contributed by atoms with Gasteiger partial charge in [0.25, 0.3) is 0 Å². The maximum atomic E-state index is 15.1. The lowest BCUT2D eigenvalue weighted by atomic mass is 10.2. The lowest BCUT2D eigenvalue weighted by molar-refractivity contribution is -0.402. The van der Waals surface area contributed by atoms with Crippen LogP contribution in [-0.2, 0) is 9.57 Å². The molecule has 16 heteroatoms. The molecule has 4 rings (SSSR count). The van der Waals surface area contributed by atoms with Crippen molar-refractivity contribution in [2.45, 2.75) is 6.10 Å². The SMILES string of the molecule is C=N/C=C\N(N)C[C@H]1CN(c2cc(F)c(N3CCON(C(=O)c4ccc([N+](=O)[O-])o4)CC3)c(F)c2)C(=O)O1. The molecule has 14 nitrogen and oxygen atoms in total. The van der Waals surface area contributed by atoms with Gasteiger partial charge in [0, 0.05) is 37.6 Å². The minimum absolute atomic E-state index is 0.0136. The molecule has 1 aromatic carbocycles. The van der Waals surface area contributed by atoms with E-state index in [1.54, 1.807) is 0 Å². The van der Waals surface area contributed by atoms with Crippen LogP contribution in [0.2, 0.25) is 0 Å².